The Hall–Kier alpha value is -1.81. The van der Waals surface area contributed by atoms with Gasteiger partial charge in [0, 0.05) is 12.6 Å². The number of amides is 1. The SMILES string of the molecule is C=CCN(C(=O)[C@H](N)Cc1ccc(O)cc1)C(C)C. The normalized spacial score (nSPS) is 12.2. The molecule has 0 spiro atoms. The molecule has 19 heavy (non-hydrogen) atoms. The van der Waals surface area contributed by atoms with Gasteiger partial charge in [0.25, 0.3) is 0 Å². The van der Waals surface area contributed by atoms with E-state index in [-0.39, 0.29) is 17.7 Å². The van der Waals surface area contributed by atoms with Gasteiger partial charge in [0.2, 0.25) is 5.91 Å². The van der Waals surface area contributed by atoms with Crippen LogP contribution < -0.4 is 5.73 Å². The lowest BCUT2D eigenvalue weighted by molar-refractivity contribution is -0.133. The average Bonchev–Trinajstić information content (AvgIpc) is 2.37. The molecule has 0 heterocycles. The highest BCUT2D eigenvalue weighted by atomic mass is 16.3. The summed E-state index contributed by atoms with van der Waals surface area (Å²) in [5.74, 6) is 0.127. The van der Waals surface area contributed by atoms with E-state index >= 15 is 0 Å². The lowest BCUT2D eigenvalue weighted by Gasteiger charge is -2.28. The molecule has 0 saturated heterocycles. The first kappa shape index (κ1) is 15.2. The van der Waals surface area contributed by atoms with Crippen molar-refractivity contribution < 1.29 is 9.90 Å². The third-order valence-corrected chi connectivity index (χ3v) is 2.94. The number of phenols is 1. The maximum absolute atomic E-state index is 12.2. The second-order valence-electron chi connectivity index (χ2n) is 4.85. The Labute approximate surface area is 114 Å². The first-order valence-electron chi connectivity index (χ1n) is 6.40. The Bertz CT molecular complexity index is 426. The van der Waals surface area contributed by atoms with Gasteiger partial charge in [-0.1, -0.05) is 18.2 Å². The molecule has 0 saturated carbocycles. The fourth-order valence-electron chi connectivity index (χ4n) is 1.88. The second kappa shape index (κ2) is 6.95. The predicted molar refractivity (Wildman–Crippen MR) is 76.8 cm³/mol. The summed E-state index contributed by atoms with van der Waals surface area (Å²) in [6, 6.07) is 6.25. The van der Waals surface area contributed by atoms with Gasteiger partial charge in [-0.2, -0.15) is 0 Å². The molecule has 1 aromatic rings. The fourth-order valence-corrected chi connectivity index (χ4v) is 1.88. The van der Waals surface area contributed by atoms with Crippen molar-refractivity contribution in [3.8, 4) is 5.75 Å². The number of nitrogens with zero attached hydrogens (tertiary/aromatic N) is 1. The van der Waals surface area contributed by atoms with E-state index in [1.165, 1.54) is 0 Å². The minimum atomic E-state index is -0.577. The number of benzene rings is 1. The number of carbonyl (C=O) groups is 1. The van der Waals surface area contributed by atoms with E-state index < -0.39 is 6.04 Å². The quantitative estimate of drug-likeness (QED) is 0.767. The smallest absolute Gasteiger partial charge is 0.240 e. The van der Waals surface area contributed by atoms with Gasteiger partial charge in [0.15, 0.2) is 0 Å². The highest BCUT2D eigenvalue weighted by Gasteiger charge is 2.22. The number of carbonyl (C=O) groups excluding carboxylic acids is 1. The zero-order chi connectivity index (χ0) is 14.4. The Kier molecular flexibility index (Phi) is 5.57. The lowest BCUT2D eigenvalue weighted by Crippen LogP contribution is -2.47. The third kappa shape index (κ3) is 4.41. The molecule has 4 nitrogen and oxygen atoms in total. The number of hydrogen-bond acceptors (Lipinski definition) is 3. The van der Waals surface area contributed by atoms with Gasteiger partial charge in [0.05, 0.1) is 6.04 Å². The molecule has 0 unspecified atom stereocenters. The van der Waals surface area contributed by atoms with E-state index in [1.54, 1.807) is 35.2 Å². The molecule has 0 aliphatic heterocycles. The molecule has 3 N–H and O–H groups in total. The maximum atomic E-state index is 12.2. The van der Waals surface area contributed by atoms with Crippen LogP contribution in [-0.2, 0) is 11.2 Å². The van der Waals surface area contributed by atoms with Gasteiger partial charge >= 0.3 is 0 Å². The van der Waals surface area contributed by atoms with Crippen LogP contribution in [-0.4, -0.2) is 34.5 Å². The first-order chi connectivity index (χ1) is 8.95. The van der Waals surface area contributed by atoms with Crippen molar-refractivity contribution in [2.75, 3.05) is 6.54 Å². The first-order valence-corrected chi connectivity index (χ1v) is 6.40. The summed E-state index contributed by atoms with van der Waals surface area (Å²) in [4.78, 5) is 14.0. The Morgan fingerprint density at radius 3 is 2.47 bits per heavy atom. The van der Waals surface area contributed by atoms with E-state index in [0.29, 0.717) is 13.0 Å². The molecule has 0 aliphatic rings. The van der Waals surface area contributed by atoms with Crippen LogP contribution in [0.3, 0.4) is 0 Å². The Balaban J connectivity index is 2.70. The van der Waals surface area contributed by atoms with Gasteiger partial charge < -0.3 is 15.7 Å². The maximum Gasteiger partial charge on any atom is 0.240 e. The Morgan fingerprint density at radius 2 is 2.00 bits per heavy atom. The standard InChI is InChI=1S/C15H22N2O2/c1-4-9-17(11(2)3)15(19)14(16)10-12-5-7-13(18)8-6-12/h4-8,11,14,18H,1,9-10,16H2,2-3H3/t14-/m1/s1. The molecular weight excluding hydrogens is 240 g/mol. The molecule has 1 rings (SSSR count). The van der Waals surface area contributed by atoms with E-state index in [0.717, 1.165) is 5.56 Å². The van der Waals surface area contributed by atoms with Crippen LogP contribution >= 0.6 is 0 Å². The van der Waals surface area contributed by atoms with Crippen molar-refractivity contribution in [3.63, 3.8) is 0 Å². The van der Waals surface area contributed by atoms with Crippen molar-refractivity contribution in [1.82, 2.24) is 4.90 Å². The van der Waals surface area contributed by atoms with Crippen LogP contribution in [0.4, 0.5) is 0 Å². The topological polar surface area (TPSA) is 66.6 Å². The summed E-state index contributed by atoms with van der Waals surface area (Å²) >= 11 is 0. The van der Waals surface area contributed by atoms with Crippen molar-refractivity contribution in [1.29, 1.82) is 0 Å². The molecule has 4 heteroatoms. The summed E-state index contributed by atoms with van der Waals surface area (Å²) in [7, 11) is 0. The summed E-state index contributed by atoms with van der Waals surface area (Å²) in [6.07, 6.45) is 2.16. The minimum Gasteiger partial charge on any atom is -0.508 e. The fraction of sp³-hybridized carbons (Fsp3) is 0.400. The molecule has 1 atom stereocenters. The number of hydrogen-bond donors (Lipinski definition) is 2. The molecular formula is C15H22N2O2. The lowest BCUT2D eigenvalue weighted by atomic mass is 10.0. The Morgan fingerprint density at radius 1 is 1.42 bits per heavy atom. The number of aromatic hydroxyl groups is 1. The molecule has 0 aliphatic carbocycles. The van der Waals surface area contributed by atoms with Gasteiger partial charge in [-0.3, -0.25) is 4.79 Å². The van der Waals surface area contributed by atoms with Crippen LogP contribution in [0.25, 0.3) is 0 Å². The van der Waals surface area contributed by atoms with Crippen LogP contribution in [0.1, 0.15) is 19.4 Å². The summed E-state index contributed by atoms with van der Waals surface area (Å²) in [5, 5.41) is 9.21. The van der Waals surface area contributed by atoms with Crippen molar-refractivity contribution in [2.24, 2.45) is 5.73 Å². The van der Waals surface area contributed by atoms with Crippen molar-refractivity contribution in [3.05, 3.63) is 42.5 Å². The second-order valence-corrected chi connectivity index (χ2v) is 4.85. The monoisotopic (exact) mass is 262 g/mol. The van der Waals surface area contributed by atoms with Crippen LogP contribution in [0, 0.1) is 0 Å². The van der Waals surface area contributed by atoms with Crippen LogP contribution in [0.5, 0.6) is 5.75 Å². The van der Waals surface area contributed by atoms with Crippen LogP contribution in [0.15, 0.2) is 36.9 Å². The van der Waals surface area contributed by atoms with E-state index in [2.05, 4.69) is 6.58 Å². The third-order valence-electron chi connectivity index (χ3n) is 2.94. The van der Waals surface area contributed by atoms with Gasteiger partial charge in [-0.05, 0) is 38.0 Å². The molecule has 0 bridgehead atoms. The molecule has 1 aromatic carbocycles. The molecule has 104 valence electrons. The highest BCUT2D eigenvalue weighted by molar-refractivity contribution is 5.82. The van der Waals surface area contributed by atoms with Gasteiger partial charge in [-0.15, -0.1) is 6.58 Å². The summed E-state index contributed by atoms with van der Waals surface area (Å²) < 4.78 is 0. The number of nitrogens with two attached hydrogens (primary N) is 1. The molecule has 1 amide bonds. The minimum absolute atomic E-state index is 0.0806. The van der Waals surface area contributed by atoms with Gasteiger partial charge in [-0.25, -0.2) is 0 Å². The zero-order valence-corrected chi connectivity index (χ0v) is 11.5. The average molecular weight is 262 g/mol. The number of phenolic OH excluding ortho intramolecular Hbond substituents is 1. The molecule has 0 aromatic heterocycles. The van der Waals surface area contributed by atoms with Gasteiger partial charge in [0.1, 0.15) is 5.75 Å². The van der Waals surface area contributed by atoms with Crippen molar-refractivity contribution in [2.45, 2.75) is 32.4 Å². The highest BCUT2D eigenvalue weighted by Crippen LogP contribution is 2.12. The van der Waals surface area contributed by atoms with E-state index in [9.17, 15) is 9.90 Å². The molecule has 0 radical (unpaired) electrons. The summed E-state index contributed by atoms with van der Waals surface area (Å²) in [5.41, 5.74) is 6.90. The zero-order valence-electron chi connectivity index (χ0n) is 11.5. The van der Waals surface area contributed by atoms with Crippen molar-refractivity contribution >= 4 is 5.91 Å². The number of rotatable bonds is 6. The predicted octanol–water partition coefficient (Wildman–Crippen LogP) is 1.68. The molecule has 0 fully saturated rings. The van der Waals surface area contributed by atoms with E-state index in [4.69, 9.17) is 5.73 Å². The van der Waals surface area contributed by atoms with Crippen LogP contribution in [0.2, 0.25) is 0 Å². The van der Waals surface area contributed by atoms with E-state index in [1.807, 2.05) is 13.8 Å². The largest absolute Gasteiger partial charge is 0.508 e. The summed E-state index contributed by atoms with van der Waals surface area (Å²) in [6.45, 7) is 8.06.